The van der Waals surface area contributed by atoms with Crippen LogP contribution in [0.25, 0.3) is 0 Å². The molecule has 0 saturated carbocycles. The highest BCUT2D eigenvalue weighted by molar-refractivity contribution is 6.99. The van der Waals surface area contributed by atoms with Gasteiger partial charge < -0.3 is 13.9 Å². The van der Waals surface area contributed by atoms with Gasteiger partial charge >= 0.3 is 5.97 Å². The molecule has 0 radical (unpaired) electrons. The zero-order valence-electron chi connectivity index (χ0n) is 18.9. The van der Waals surface area contributed by atoms with Crippen LogP contribution in [-0.2, 0) is 18.7 Å². The molecule has 0 aliphatic carbocycles. The first-order valence-corrected chi connectivity index (χ1v) is 12.7. The second-order valence-electron chi connectivity index (χ2n) is 9.29. The summed E-state index contributed by atoms with van der Waals surface area (Å²) in [6.07, 6.45) is -0.360. The van der Waals surface area contributed by atoms with E-state index in [-0.39, 0.29) is 35.1 Å². The Morgan fingerprint density at radius 1 is 1.03 bits per heavy atom. The number of carbonyl (C=O) groups excluding carboxylic acids is 1. The van der Waals surface area contributed by atoms with Crippen molar-refractivity contribution in [3.63, 3.8) is 0 Å². The first kappa shape index (κ1) is 22.8. The second-order valence-corrected chi connectivity index (χ2v) is 13.6. The van der Waals surface area contributed by atoms with Crippen LogP contribution in [0.4, 0.5) is 0 Å². The maximum atomic E-state index is 11.5. The minimum Gasteiger partial charge on any atom is -0.460 e. The molecule has 0 bridgehead atoms. The molecule has 1 heterocycles. The molecule has 30 heavy (non-hydrogen) atoms. The smallest absolute Gasteiger partial charge is 0.302 e. The van der Waals surface area contributed by atoms with Crippen LogP contribution in [-0.4, -0.2) is 47.0 Å². The molecule has 160 valence electrons. The van der Waals surface area contributed by atoms with Crippen LogP contribution in [0.15, 0.2) is 60.7 Å². The number of benzene rings is 2. The van der Waals surface area contributed by atoms with Gasteiger partial charge in [0.05, 0.1) is 18.7 Å². The average Bonchev–Trinajstić information content (AvgIpc) is 2.96. The quantitative estimate of drug-likeness (QED) is 0.528. The number of rotatable bonds is 6. The summed E-state index contributed by atoms with van der Waals surface area (Å²) >= 11 is 0. The van der Waals surface area contributed by atoms with Crippen LogP contribution in [0.2, 0.25) is 5.04 Å². The summed E-state index contributed by atoms with van der Waals surface area (Å²) in [6, 6.07) is 21.0. The van der Waals surface area contributed by atoms with Crippen molar-refractivity contribution in [2.24, 2.45) is 5.92 Å². The fourth-order valence-electron chi connectivity index (χ4n) is 4.67. The third-order valence-electron chi connectivity index (χ3n) is 6.14. The summed E-state index contributed by atoms with van der Waals surface area (Å²) in [5, 5.41) is 2.41. The Morgan fingerprint density at radius 2 is 1.53 bits per heavy atom. The molecule has 0 aromatic heterocycles. The summed E-state index contributed by atoms with van der Waals surface area (Å²) in [4.78, 5) is 11.5. The Labute approximate surface area is 182 Å². The molecule has 1 aliphatic heterocycles. The molecule has 3 rings (SSSR count). The molecule has 2 aromatic rings. The zero-order chi connectivity index (χ0) is 21.9. The molecule has 0 N–H and O–H groups in total. The van der Waals surface area contributed by atoms with Gasteiger partial charge in [0, 0.05) is 12.8 Å². The van der Waals surface area contributed by atoms with Crippen molar-refractivity contribution in [3.05, 3.63) is 60.7 Å². The highest BCUT2D eigenvalue weighted by Crippen LogP contribution is 2.38. The van der Waals surface area contributed by atoms with Gasteiger partial charge in [-0.25, -0.2) is 0 Å². The van der Waals surface area contributed by atoms with Gasteiger partial charge in [-0.05, 0) is 15.4 Å². The maximum absolute atomic E-state index is 11.5. The van der Waals surface area contributed by atoms with Crippen LogP contribution in [0, 0.1) is 5.92 Å². The summed E-state index contributed by atoms with van der Waals surface area (Å²) < 4.78 is 18.7. The minimum absolute atomic E-state index is 0.0714. The number of carbonyl (C=O) groups is 1. The number of hydrogen-bond acceptors (Lipinski definition) is 4. The lowest BCUT2D eigenvalue weighted by Gasteiger charge is -2.43. The number of esters is 1. The fraction of sp³-hybridized carbons (Fsp3) is 0.458. The Balaban J connectivity index is 1.96. The van der Waals surface area contributed by atoms with Gasteiger partial charge in [0.15, 0.2) is 0 Å². The van der Waals surface area contributed by atoms with Crippen molar-refractivity contribution in [2.45, 2.75) is 57.9 Å². The van der Waals surface area contributed by atoms with Gasteiger partial charge in [0.1, 0.15) is 14.0 Å². The van der Waals surface area contributed by atoms with Gasteiger partial charge in [-0.15, -0.1) is 0 Å². The fourth-order valence-corrected chi connectivity index (χ4v) is 9.24. The molecular weight excluding hydrogens is 391 g/mol. The highest BCUT2D eigenvalue weighted by atomic mass is 28.4. The first-order chi connectivity index (χ1) is 14.2. The van der Waals surface area contributed by atoms with Crippen LogP contribution in [0.1, 0.15) is 34.6 Å². The Bertz CT molecular complexity index is 798. The van der Waals surface area contributed by atoms with E-state index in [9.17, 15) is 4.79 Å². The van der Waals surface area contributed by atoms with Crippen molar-refractivity contribution in [1.29, 1.82) is 0 Å². The molecule has 4 atom stereocenters. The van der Waals surface area contributed by atoms with E-state index in [4.69, 9.17) is 13.9 Å². The molecule has 1 aliphatic rings. The third kappa shape index (κ3) is 4.41. The number of hydrogen-bond donors (Lipinski definition) is 0. The lowest BCUT2D eigenvalue weighted by molar-refractivity contribution is -0.148. The largest absolute Gasteiger partial charge is 0.460 e. The van der Waals surface area contributed by atoms with E-state index < -0.39 is 8.32 Å². The van der Waals surface area contributed by atoms with Crippen molar-refractivity contribution in [2.75, 3.05) is 6.61 Å². The lowest BCUT2D eigenvalue weighted by Crippen LogP contribution is -2.67. The van der Waals surface area contributed by atoms with Crippen LogP contribution < -0.4 is 10.4 Å². The molecule has 0 amide bonds. The van der Waals surface area contributed by atoms with E-state index in [1.165, 1.54) is 17.3 Å². The molecule has 6 heteroatoms. The molecule has 4 nitrogen and oxygen atoms in total. The highest BCUT2D eigenvalue weighted by Gasteiger charge is 2.51. The SMILES string of the molecule is B[C@@H]1O[C@H](CO[Si](c2ccccc2)(c2ccccc2)C(C)(C)C)[C@@H](C)[C@H]1OC(C)=O. The van der Waals surface area contributed by atoms with Gasteiger partial charge in [0.2, 0.25) is 0 Å². The predicted molar refractivity (Wildman–Crippen MR) is 125 cm³/mol. The normalized spacial score (nSPS) is 24.6. The second kappa shape index (κ2) is 9.08. The molecule has 0 spiro atoms. The average molecular weight is 424 g/mol. The van der Waals surface area contributed by atoms with Crippen molar-refractivity contribution in [3.8, 4) is 0 Å². The van der Waals surface area contributed by atoms with E-state index in [1.807, 2.05) is 20.0 Å². The molecular formula is C24H33BO4Si. The van der Waals surface area contributed by atoms with Gasteiger partial charge in [-0.1, -0.05) is 88.4 Å². The number of ether oxygens (including phenoxy) is 2. The predicted octanol–water partition coefficient (Wildman–Crippen LogP) is 2.49. The maximum Gasteiger partial charge on any atom is 0.302 e. The zero-order valence-corrected chi connectivity index (χ0v) is 19.9. The lowest BCUT2D eigenvalue weighted by atomic mass is 9.88. The first-order valence-electron chi connectivity index (χ1n) is 10.7. The Hall–Kier alpha value is -1.89. The van der Waals surface area contributed by atoms with Crippen molar-refractivity contribution in [1.82, 2.24) is 0 Å². The third-order valence-corrected chi connectivity index (χ3v) is 11.1. The monoisotopic (exact) mass is 424 g/mol. The van der Waals surface area contributed by atoms with E-state index in [0.29, 0.717) is 6.61 Å². The molecule has 2 aromatic carbocycles. The van der Waals surface area contributed by atoms with Gasteiger partial charge in [-0.3, -0.25) is 4.79 Å². The Kier molecular flexibility index (Phi) is 6.90. The van der Waals surface area contributed by atoms with Crippen LogP contribution in [0.3, 0.4) is 0 Å². The van der Waals surface area contributed by atoms with E-state index in [2.05, 4.69) is 76.2 Å². The summed E-state index contributed by atoms with van der Waals surface area (Å²) in [5.74, 6) is -0.196. The van der Waals surface area contributed by atoms with Crippen LogP contribution in [0.5, 0.6) is 0 Å². The van der Waals surface area contributed by atoms with Crippen LogP contribution >= 0.6 is 0 Å². The topological polar surface area (TPSA) is 44.8 Å². The van der Waals surface area contributed by atoms with Crippen molar-refractivity contribution >= 4 is 32.5 Å². The van der Waals surface area contributed by atoms with Gasteiger partial charge in [0.25, 0.3) is 8.32 Å². The summed E-state index contributed by atoms with van der Waals surface area (Å²) in [5.41, 5.74) is 0. The molecule has 1 saturated heterocycles. The Morgan fingerprint density at radius 3 is 1.97 bits per heavy atom. The van der Waals surface area contributed by atoms with E-state index in [1.54, 1.807) is 0 Å². The summed E-state index contributed by atoms with van der Waals surface area (Å²) in [7, 11) is -0.645. The summed E-state index contributed by atoms with van der Waals surface area (Å²) in [6.45, 7) is 10.8. The van der Waals surface area contributed by atoms with Crippen molar-refractivity contribution < 1.29 is 18.7 Å². The molecule has 1 fully saturated rings. The van der Waals surface area contributed by atoms with E-state index >= 15 is 0 Å². The standard InChI is InChI=1S/C24H33BO4Si/c1-17-21(29-23(25)22(17)28-18(2)26)16-27-30(24(3,4)5,19-12-8-6-9-13-19)20-14-10-7-11-15-20/h6-15,17,21-23H,16,25H2,1-5H3/t17-,21-,22-,23-/m1/s1. The minimum atomic E-state index is -2.61. The van der Waals surface area contributed by atoms with E-state index in [0.717, 1.165) is 0 Å². The molecule has 0 unspecified atom stereocenters. The van der Waals surface area contributed by atoms with Gasteiger partial charge in [-0.2, -0.15) is 0 Å².